The Bertz CT molecular complexity index is 651. The third-order valence-corrected chi connectivity index (χ3v) is 6.56. The van der Waals surface area contributed by atoms with E-state index in [1.807, 2.05) is 0 Å². The highest BCUT2D eigenvalue weighted by atomic mass is 32.2. The Balaban J connectivity index is 2.16. The highest BCUT2D eigenvalue weighted by molar-refractivity contribution is 8.03. The Labute approximate surface area is 162 Å². The molecular weight excluding hydrogens is 374 g/mol. The molecule has 2 heterocycles. The number of carboxylic acid groups (broad SMARTS) is 2. The van der Waals surface area contributed by atoms with E-state index in [-0.39, 0.29) is 28.8 Å². The molecular formula is C17H27N3O6S. The maximum atomic E-state index is 12.1. The predicted octanol–water partition coefficient (Wildman–Crippen LogP) is -0.476. The third-order valence-electron chi connectivity index (χ3n) is 5.04. The molecule has 0 saturated carbocycles. The summed E-state index contributed by atoms with van der Waals surface area (Å²) in [5, 5.41) is 34.8. The molecule has 1 amide bonds. The van der Waals surface area contributed by atoms with Crippen molar-refractivity contribution in [2.24, 2.45) is 11.8 Å². The van der Waals surface area contributed by atoms with Gasteiger partial charge in [0.1, 0.15) is 11.6 Å². The molecule has 0 radical (unpaired) electrons. The zero-order valence-electron chi connectivity index (χ0n) is 15.8. The summed E-state index contributed by atoms with van der Waals surface area (Å²) in [4.78, 5) is 37.4. The van der Waals surface area contributed by atoms with E-state index in [9.17, 15) is 29.7 Å². The minimum Gasteiger partial charge on any atom is -0.481 e. The maximum Gasteiger partial charge on any atom is 0.352 e. The van der Waals surface area contributed by atoms with Gasteiger partial charge < -0.3 is 30.9 Å². The Hall–Kier alpha value is -1.78. The molecule has 6 atom stereocenters. The monoisotopic (exact) mass is 401 g/mol. The van der Waals surface area contributed by atoms with Gasteiger partial charge in [-0.25, -0.2) is 4.79 Å². The first-order chi connectivity index (χ1) is 12.5. The lowest BCUT2D eigenvalue weighted by Crippen LogP contribution is -2.45. The normalized spacial score (nSPS) is 30.0. The first kappa shape index (κ1) is 21.5. The maximum absolute atomic E-state index is 12.1. The van der Waals surface area contributed by atoms with E-state index in [0.717, 1.165) is 0 Å². The molecule has 0 aliphatic carbocycles. The van der Waals surface area contributed by atoms with Crippen LogP contribution in [0.5, 0.6) is 0 Å². The number of carboxylic acids is 2. The van der Waals surface area contributed by atoms with Crippen LogP contribution in [0.15, 0.2) is 10.6 Å². The topological polar surface area (TPSA) is 139 Å². The quantitative estimate of drug-likeness (QED) is 0.383. The van der Waals surface area contributed by atoms with Gasteiger partial charge in [0.25, 0.3) is 0 Å². The van der Waals surface area contributed by atoms with Gasteiger partial charge in [-0.1, -0.05) is 6.92 Å². The second-order valence-corrected chi connectivity index (χ2v) is 8.62. The number of rotatable bonds is 7. The van der Waals surface area contributed by atoms with Crippen LogP contribution in [0.4, 0.5) is 0 Å². The Morgan fingerprint density at radius 3 is 2.37 bits per heavy atom. The minimum absolute atomic E-state index is 0.000998. The number of carbonyl (C=O) groups is 3. The number of aliphatic carboxylic acids is 2. The molecule has 5 N–H and O–H groups in total. The van der Waals surface area contributed by atoms with Gasteiger partial charge in [0.05, 0.1) is 12.1 Å². The van der Waals surface area contributed by atoms with E-state index in [4.69, 9.17) is 0 Å². The number of hydrogen-bond acceptors (Lipinski definition) is 7. The summed E-state index contributed by atoms with van der Waals surface area (Å²) in [7, 11) is 3.37. The van der Waals surface area contributed by atoms with Crippen LogP contribution in [0.25, 0.3) is 0 Å². The fourth-order valence-electron chi connectivity index (χ4n) is 3.62. The van der Waals surface area contributed by atoms with Gasteiger partial charge in [-0.3, -0.25) is 9.59 Å². The summed E-state index contributed by atoms with van der Waals surface area (Å²) in [5.41, 5.74) is -0.0215. The lowest BCUT2D eigenvalue weighted by atomic mass is 9.87. The summed E-state index contributed by atoms with van der Waals surface area (Å²) >= 11 is 1.37. The zero-order chi connectivity index (χ0) is 20.5. The molecule has 0 aromatic rings. The Morgan fingerprint density at radius 2 is 1.89 bits per heavy atom. The van der Waals surface area contributed by atoms with E-state index in [0.29, 0.717) is 17.9 Å². The van der Waals surface area contributed by atoms with Crippen LogP contribution in [0, 0.1) is 11.8 Å². The van der Waals surface area contributed by atoms with E-state index in [1.54, 1.807) is 21.0 Å². The van der Waals surface area contributed by atoms with E-state index in [1.165, 1.54) is 23.6 Å². The van der Waals surface area contributed by atoms with Gasteiger partial charge in [-0.15, -0.1) is 11.8 Å². The molecule has 0 spiro atoms. The van der Waals surface area contributed by atoms with Gasteiger partial charge in [0.15, 0.2) is 0 Å². The van der Waals surface area contributed by atoms with Crippen LogP contribution in [0.1, 0.15) is 20.3 Å². The molecule has 10 heteroatoms. The average molecular weight is 401 g/mol. The van der Waals surface area contributed by atoms with Gasteiger partial charge in [0.2, 0.25) is 5.91 Å². The number of nitrogens with zero attached hydrogens (tertiary/aromatic N) is 1. The van der Waals surface area contributed by atoms with Crippen molar-refractivity contribution in [2.75, 3.05) is 20.6 Å². The SMILES string of the molecule is CC(O)[C@@H](C(=O)O)[C@@H]1NC(C(=O)O)=C(S[C@@H]2CN[C@H](C(=O)N(C)C)C2)[C@@H]1C. The Morgan fingerprint density at radius 1 is 1.26 bits per heavy atom. The number of thioether (sulfide) groups is 1. The number of carbonyl (C=O) groups excluding carboxylic acids is 1. The largest absolute Gasteiger partial charge is 0.481 e. The summed E-state index contributed by atoms with van der Waals surface area (Å²) in [6.45, 7) is 3.71. The summed E-state index contributed by atoms with van der Waals surface area (Å²) < 4.78 is 0. The van der Waals surface area contributed by atoms with Crippen LogP contribution in [0.3, 0.4) is 0 Å². The Kier molecular flexibility index (Phi) is 6.77. The van der Waals surface area contributed by atoms with Gasteiger partial charge in [0, 0.05) is 42.8 Å². The lowest BCUT2D eigenvalue weighted by molar-refractivity contribution is -0.147. The summed E-state index contributed by atoms with van der Waals surface area (Å²) in [6.07, 6.45) is -0.564. The molecule has 9 nitrogen and oxygen atoms in total. The van der Waals surface area contributed by atoms with Crippen LogP contribution in [-0.2, 0) is 14.4 Å². The molecule has 152 valence electrons. The number of amides is 1. The second kappa shape index (κ2) is 8.49. The fourth-order valence-corrected chi connectivity index (χ4v) is 5.07. The van der Waals surface area contributed by atoms with Gasteiger partial charge in [-0.05, 0) is 13.3 Å². The van der Waals surface area contributed by atoms with E-state index in [2.05, 4.69) is 10.6 Å². The first-order valence-corrected chi connectivity index (χ1v) is 9.68. The molecule has 1 unspecified atom stereocenters. The van der Waals surface area contributed by atoms with Crippen molar-refractivity contribution in [3.63, 3.8) is 0 Å². The van der Waals surface area contributed by atoms with Gasteiger partial charge >= 0.3 is 11.9 Å². The van der Waals surface area contributed by atoms with Crippen molar-refractivity contribution in [3.05, 3.63) is 10.6 Å². The average Bonchev–Trinajstić information content (AvgIpc) is 3.13. The van der Waals surface area contributed by atoms with Crippen LogP contribution < -0.4 is 10.6 Å². The second-order valence-electron chi connectivity index (χ2n) is 7.28. The molecule has 0 aromatic heterocycles. The van der Waals surface area contributed by atoms with Crippen LogP contribution in [-0.4, -0.2) is 82.1 Å². The minimum atomic E-state index is -1.18. The lowest BCUT2D eigenvalue weighted by Gasteiger charge is -2.27. The number of nitrogens with one attached hydrogen (secondary N) is 2. The van der Waals surface area contributed by atoms with E-state index < -0.39 is 30.0 Å². The predicted molar refractivity (Wildman–Crippen MR) is 100 cm³/mol. The molecule has 0 bridgehead atoms. The van der Waals surface area contributed by atoms with Crippen molar-refractivity contribution >= 4 is 29.6 Å². The number of likely N-dealkylation sites (N-methyl/N-ethyl adjacent to an activating group) is 1. The number of aliphatic hydroxyl groups is 1. The van der Waals surface area contributed by atoms with Crippen molar-refractivity contribution in [1.29, 1.82) is 0 Å². The molecule has 2 aliphatic heterocycles. The fraction of sp³-hybridized carbons (Fsp3) is 0.706. The van der Waals surface area contributed by atoms with Crippen molar-refractivity contribution in [3.8, 4) is 0 Å². The highest BCUT2D eigenvalue weighted by Gasteiger charge is 2.45. The number of aliphatic hydroxyl groups excluding tert-OH is 1. The zero-order valence-corrected chi connectivity index (χ0v) is 16.6. The molecule has 2 aliphatic rings. The first-order valence-electron chi connectivity index (χ1n) is 8.80. The van der Waals surface area contributed by atoms with Gasteiger partial charge in [-0.2, -0.15) is 0 Å². The molecule has 2 rings (SSSR count). The summed E-state index contributed by atoms with van der Waals surface area (Å²) in [6, 6.07) is -1.03. The molecule has 0 aromatic carbocycles. The van der Waals surface area contributed by atoms with Crippen LogP contribution in [0.2, 0.25) is 0 Å². The standard InChI is InChI=1S/C17H27N3O6S/c1-7-12(11(8(2)21)16(23)24)19-13(17(25)26)14(7)27-9-5-10(18-6-9)15(22)20(3)4/h7-12,18-19,21H,5-6H2,1-4H3,(H,23,24)(H,25,26)/t7-,8?,9+,10+,11-,12-/m1/s1. The molecule has 27 heavy (non-hydrogen) atoms. The molecule has 1 fully saturated rings. The molecule has 1 saturated heterocycles. The van der Waals surface area contributed by atoms with Crippen molar-refractivity contribution in [2.45, 2.75) is 43.7 Å². The smallest absolute Gasteiger partial charge is 0.352 e. The van der Waals surface area contributed by atoms with E-state index >= 15 is 0 Å². The van der Waals surface area contributed by atoms with Crippen LogP contribution >= 0.6 is 11.8 Å². The van der Waals surface area contributed by atoms with Crippen molar-refractivity contribution in [1.82, 2.24) is 15.5 Å². The highest BCUT2D eigenvalue weighted by Crippen LogP contribution is 2.41. The summed E-state index contributed by atoms with van der Waals surface area (Å²) in [5.74, 6) is -3.88. The third kappa shape index (κ3) is 4.56. The number of hydrogen-bond donors (Lipinski definition) is 5. The van der Waals surface area contributed by atoms with Crippen molar-refractivity contribution < 1.29 is 29.7 Å².